The molecule has 0 saturated carbocycles. The second kappa shape index (κ2) is 28.2. The minimum absolute atomic E-state index is 0.137. The highest BCUT2D eigenvalue weighted by Gasteiger charge is 2.13. The fraction of sp³-hybridized carbons (Fsp3) is 0.647. The van der Waals surface area contributed by atoms with Gasteiger partial charge in [0.15, 0.2) is 0 Å². The van der Waals surface area contributed by atoms with Crippen LogP contribution in [0.3, 0.4) is 0 Å². The summed E-state index contributed by atoms with van der Waals surface area (Å²) in [5.74, 6) is -0.0739. The van der Waals surface area contributed by atoms with Crippen molar-refractivity contribution >= 4 is 51.8 Å². The monoisotopic (exact) mass is 651 g/mol. The number of hydrogen-bond donors (Lipinski definition) is 3. The number of halogens is 1. The number of fused-ring (bicyclic) bond motifs is 1. The molecule has 0 bridgehead atoms. The lowest BCUT2D eigenvalue weighted by Crippen LogP contribution is -2.34. The molecule has 1 aromatic carbocycles. The molecule has 3 rings (SSSR count). The van der Waals surface area contributed by atoms with Crippen LogP contribution in [0.5, 0.6) is 0 Å². The van der Waals surface area contributed by atoms with Crippen molar-refractivity contribution in [3.05, 3.63) is 40.4 Å². The van der Waals surface area contributed by atoms with Crippen molar-refractivity contribution in [1.29, 1.82) is 0 Å². The number of aryl methyl sites for hydroxylation is 1. The Kier molecular flexibility index (Phi) is 26.7. The molecule has 5 N–H and O–H groups in total. The first-order chi connectivity index (χ1) is 21.4. The SMILES string of the molecule is C=O.CCCC(N)=O.CCCCCCCCC(C/C=C/CN1CCCCC1)NC(=O)CCc1nc2ccc(Cl)cc2s1.CN. The third kappa shape index (κ3) is 20.6. The van der Waals surface area contributed by atoms with Crippen molar-refractivity contribution in [2.24, 2.45) is 11.5 Å². The maximum absolute atomic E-state index is 12.8. The number of benzene rings is 1. The molecular weight excluding hydrogens is 594 g/mol. The van der Waals surface area contributed by atoms with E-state index >= 15 is 0 Å². The average molecular weight is 652 g/mol. The number of thiazole rings is 1. The molecule has 0 spiro atoms. The zero-order chi connectivity index (χ0) is 33.0. The van der Waals surface area contributed by atoms with Crippen LogP contribution in [0.15, 0.2) is 30.4 Å². The topological polar surface area (TPSA) is 131 Å². The molecule has 2 amide bonds. The van der Waals surface area contributed by atoms with Gasteiger partial charge in [-0.15, -0.1) is 11.3 Å². The van der Waals surface area contributed by atoms with Crippen molar-refractivity contribution in [2.45, 2.75) is 116 Å². The van der Waals surface area contributed by atoms with Gasteiger partial charge < -0.3 is 21.6 Å². The predicted octanol–water partition coefficient (Wildman–Crippen LogP) is 7.21. The number of hydrogen-bond acceptors (Lipinski definition) is 7. The van der Waals surface area contributed by atoms with E-state index in [4.69, 9.17) is 22.1 Å². The number of carbonyl (C=O) groups excluding carboxylic acids is 3. The van der Waals surface area contributed by atoms with Crippen LogP contribution in [0.25, 0.3) is 10.2 Å². The molecule has 10 heteroatoms. The highest BCUT2D eigenvalue weighted by atomic mass is 35.5. The van der Waals surface area contributed by atoms with E-state index in [2.05, 4.69) is 40.0 Å². The van der Waals surface area contributed by atoms with Crippen LogP contribution >= 0.6 is 22.9 Å². The van der Waals surface area contributed by atoms with E-state index in [1.165, 1.54) is 77.9 Å². The first-order valence-electron chi connectivity index (χ1n) is 16.3. The fourth-order valence-corrected chi connectivity index (χ4v) is 6.11. The molecule has 1 atom stereocenters. The summed E-state index contributed by atoms with van der Waals surface area (Å²) < 4.78 is 1.09. The van der Waals surface area contributed by atoms with Gasteiger partial charge in [0.1, 0.15) is 6.79 Å². The van der Waals surface area contributed by atoms with Crippen LogP contribution in [0.2, 0.25) is 5.02 Å². The molecule has 1 aliphatic rings. The Bertz CT molecular complexity index is 1040. The van der Waals surface area contributed by atoms with Crippen LogP contribution in [-0.4, -0.2) is 61.2 Å². The van der Waals surface area contributed by atoms with Gasteiger partial charge in [-0.3, -0.25) is 14.5 Å². The number of unbranched alkanes of at least 4 members (excludes halogenated alkanes) is 5. The molecule has 0 radical (unpaired) electrons. The van der Waals surface area contributed by atoms with E-state index in [9.17, 15) is 9.59 Å². The van der Waals surface area contributed by atoms with E-state index in [1.807, 2.05) is 31.9 Å². The summed E-state index contributed by atoms with van der Waals surface area (Å²) in [5.41, 5.74) is 10.2. The molecule has 8 nitrogen and oxygen atoms in total. The van der Waals surface area contributed by atoms with Gasteiger partial charge in [-0.05, 0) is 70.4 Å². The minimum Gasteiger partial charge on any atom is -0.370 e. The molecule has 2 heterocycles. The van der Waals surface area contributed by atoms with E-state index in [-0.39, 0.29) is 17.9 Å². The van der Waals surface area contributed by atoms with Gasteiger partial charge in [0.2, 0.25) is 11.8 Å². The standard InChI is InChI=1S/C28H42ClN3OS.C4H9NO.CH5N.CH2O/c1-2-3-4-5-6-8-13-24(14-9-12-21-32-19-10-7-11-20-32)30-27(33)17-18-28-31-25-16-15-23(29)22-26(25)34-28;1-2-3-4(5)6;2*1-2/h9,12,15-16,22,24H,2-8,10-11,13-14,17-21H2,1H3,(H,30,33);2-3H2,1H3,(H2,5,6);2H2,1H3;1H2/b12-9+;;;. The summed E-state index contributed by atoms with van der Waals surface area (Å²) in [5, 5.41) is 5.05. The number of nitrogens with two attached hydrogens (primary N) is 2. The quantitative estimate of drug-likeness (QED) is 0.122. The van der Waals surface area contributed by atoms with Crippen molar-refractivity contribution < 1.29 is 14.4 Å². The number of primary amides is 1. The Morgan fingerprint density at radius 2 is 1.70 bits per heavy atom. The zero-order valence-corrected chi connectivity index (χ0v) is 29.0. The number of amides is 2. The second-order valence-electron chi connectivity index (χ2n) is 10.8. The van der Waals surface area contributed by atoms with Gasteiger partial charge in [-0.2, -0.15) is 0 Å². The van der Waals surface area contributed by atoms with Crippen molar-refractivity contribution in [1.82, 2.24) is 15.2 Å². The number of piperidine rings is 1. The third-order valence-corrected chi connectivity index (χ3v) is 8.44. The fourth-order valence-electron chi connectivity index (χ4n) is 4.87. The summed E-state index contributed by atoms with van der Waals surface area (Å²) >= 11 is 7.73. The van der Waals surface area contributed by atoms with E-state index in [0.29, 0.717) is 19.3 Å². The Balaban J connectivity index is 0.00000163. The molecular formula is C34H58ClN5O3S. The molecule has 1 aliphatic heterocycles. The Morgan fingerprint density at radius 3 is 2.34 bits per heavy atom. The summed E-state index contributed by atoms with van der Waals surface area (Å²) in [4.78, 5) is 37.8. The van der Waals surface area contributed by atoms with Crippen LogP contribution in [-0.2, 0) is 20.8 Å². The second-order valence-corrected chi connectivity index (χ2v) is 12.4. The largest absolute Gasteiger partial charge is 0.370 e. The number of aromatic nitrogens is 1. The molecule has 2 aromatic rings. The van der Waals surface area contributed by atoms with Gasteiger partial charge in [0.05, 0.1) is 15.2 Å². The Hall–Kier alpha value is -2.33. The van der Waals surface area contributed by atoms with Gasteiger partial charge >= 0.3 is 0 Å². The molecule has 1 saturated heterocycles. The number of nitrogens with one attached hydrogen (secondary N) is 1. The lowest BCUT2D eigenvalue weighted by molar-refractivity contribution is -0.122. The molecule has 1 aromatic heterocycles. The van der Waals surface area contributed by atoms with Crippen LogP contribution in [0.1, 0.15) is 109 Å². The lowest BCUT2D eigenvalue weighted by Gasteiger charge is -2.25. The number of likely N-dealkylation sites (tertiary alicyclic amines) is 1. The summed E-state index contributed by atoms with van der Waals surface area (Å²) in [6, 6.07) is 5.99. The minimum atomic E-state index is -0.211. The number of carbonyl (C=O) groups is 3. The molecule has 0 aliphatic carbocycles. The van der Waals surface area contributed by atoms with Gasteiger partial charge in [-0.25, -0.2) is 4.98 Å². The van der Waals surface area contributed by atoms with Crippen LogP contribution in [0, 0.1) is 0 Å². The molecule has 1 fully saturated rings. The maximum atomic E-state index is 12.8. The molecule has 44 heavy (non-hydrogen) atoms. The number of nitrogens with zero attached hydrogens (tertiary/aromatic N) is 2. The average Bonchev–Trinajstić information content (AvgIpc) is 3.44. The third-order valence-electron chi connectivity index (χ3n) is 7.13. The van der Waals surface area contributed by atoms with Crippen molar-refractivity contribution in [3.63, 3.8) is 0 Å². The van der Waals surface area contributed by atoms with Crippen molar-refractivity contribution in [2.75, 3.05) is 26.7 Å². The predicted molar refractivity (Wildman–Crippen MR) is 188 cm³/mol. The van der Waals surface area contributed by atoms with Crippen molar-refractivity contribution in [3.8, 4) is 0 Å². The van der Waals surface area contributed by atoms with E-state index in [1.54, 1.807) is 11.3 Å². The smallest absolute Gasteiger partial charge is 0.220 e. The summed E-state index contributed by atoms with van der Waals surface area (Å²) in [6.07, 6.45) is 20.8. The maximum Gasteiger partial charge on any atom is 0.220 e. The van der Waals surface area contributed by atoms with E-state index < -0.39 is 0 Å². The van der Waals surface area contributed by atoms with Gasteiger partial charge in [0, 0.05) is 36.9 Å². The first-order valence-corrected chi connectivity index (χ1v) is 17.5. The highest BCUT2D eigenvalue weighted by molar-refractivity contribution is 7.18. The normalized spacial score (nSPS) is 13.6. The summed E-state index contributed by atoms with van der Waals surface area (Å²) in [7, 11) is 1.50. The van der Waals surface area contributed by atoms with E-state index in [0.717, 1.165) is 46.1 Å². The summed E-state index contributed by atoms with van der Waals surface area (Å²) in [6.45, 7) is 9.66. The van der Waals surface area contributed by atoms with Crippen LogP contribution in [0.4, 0.5) is 0 Å². The molecule has 1 unspecified atom stereocenters. The highest BCUT2D eigenvalue weighted by Crippen LogP contribution is 2.26. The van der Waals surface area contributed by atoms with Gasteiger partial charge in [0.25, 0.3) is 0 Å². The van der Waals surface area contributed by atoms with Crippen LogP contribution < -0.4 is 16.8 Å². The van der Waals surface area contributed by atoms with Gasteiger partial charge in [-0.1, -0.05) is 82.5 Å². The lowest BCUT2D eigenvalue weighted by atomic mass is 10.0. The first kappa shape index (κ1) is 41.7. The Labute approximate surface area is 275 Å². The zero-order valence-electron chi connectivity index (χ0n) is 27.5. The number of rotatable bonds is 17. The Morgan fingerprint density at radius 1 is 1.02 bits per heavy atom. The molecule has 250 valence electrons.